The van der Waals surface area contributed by atoms with E-state index >= 15 is 0 Å². The Balaban J connectivity index is 1.53. The van der Waals surface area contributed by atoms with Crippen LogP contribution in [0.1, 0.15) is 29.6 Å². The van der Waals surface area contributed by atoms with E-state index in [0.29, 0.717) is 63.5 Å². The maximum absolute atomic E-state index is 13.6. The van der Waals surface area contributed by atoms with Crippen molar-refractivity contribution in [3.63, 3.8) is 0 Å². The molecule has 4 rings (SSSR count). The fraction of sp³-hybridized carbons (Fsp3) is 0.440. The van der Waals surface area contributed by atoms with Gasteiger partial charge in [-0.1, -0.05) is 11.6 Å². The number of piperidine rings is 1. The number of halogens is 3. The van der Waals surface area contributed by atoms with Crippen LogP contribution in [-0.4, -0.2) is 67.6 Å². The van der Waals surface area contributed by atoms with Crippen molar-refractivity contribution in [3.05, 3.63) is 64.7 Å². The zero-order chi connectivity index (χ0) is 24.1. The summed E-state index contributed by atoms with van der Waals surface area (Å²) in [6, 6.07) is 9.62. The van der Waals surface area contributed by atoms with Crippen LogP contribution in [0.15, 0.2) is 42.5 Å². The van der Waals surface area contributed by atoms with Gasteiger partial charge in [-0.25, -0.2) is 8.78 Å². The van der Waals surface area contributed by atoms with E-state index < -0.39 is 11.2 Å². The second-order valence-electron chi connectivity index (χ2n) is 8.87. The molecule has 0 N–H and O–H groups in total. The SMILES string of the molecule is O=C(C[C@@]1(COc2ccc(F)cc2)CCCN(C(=O)c2ccc(F)c(Cl)c2)C1)N1CCOCC1. The molecule has 2 aromatic carbocycles. The number of rotatable bonds is 6. The van der Waals surface area contributed by atoms with Gasteiger partial charge in [-0.05, 0) is 55.3 Å². The van der Waals surface area contributed by atoms with Crippen molar-refractivity contribution in [1.82, 2.24) is 9.80 Å². The molecule has 2 amide bonds. The normalized spacial score (nSPS) is 20.8. The van der Waals surface area contributed by atoms with E-state index in [1.165, 1.54) is 30.3 Å². The van der Waals surface area contributed by atoms with E-state index in [-0.39, 0.29) is 35.7 Å². The molecular formula is C25H27ClF2N2O4. The number of morpholine rings is 1. The highest BCUT2D eigenvalue weighted by atomic mass is 35.5. The molecule has 2 heterocycles. The fourth-order valence-electron chi connectivity index (χ4n) is 4.52. The summed E-state index contributed by atoms with van der Waals surface area (Å²) in [5.74, 6) is -0.739. The average Bonchev–Trinajstić information content (AvgIpc) is 2.85. The van der Waals surface area contributed by atoms with Gasteiger partial charge in [0.2, 0.25) is 5.91 Å². The minimum absolute atomic E-state index is 0.00914. The number of benzene rings is 2. The van der Waals surface area contributed by atoms with Gasteiger partial charge >= 0.3 is 0 Å². The van der Waals surface area contributed by atoms with Crippen molar-refractivity contribution in [2.75, 3.05) is 46.0 Å². The van der Waals surface area contributed by atoms with Crippen molar-refractivity contribution in [2.45, 2.75) is 19.3 Å². The number of hydrogen-bond donors (Lipinski definition) is 0. The van der Waals surface area contributed by atoms with Crippen LogP contribution in [0.4, 0.5) is 8.78 Å². The highest BCUT2D eigenvalue weighted by Gasteiger charge is 2.41. The topological polar surface area (TPSA) is 59.1 Å². The first-order valence-corrected chi connectivity index (χ1v) is 11.7. The molecule has 1 atom stereocenters. The molecular weight excluding hydrogens is 466 g/mol. The van der Waals surface area contributed by atoms with Crippen LogP contribution in [0.3, 0.4) is 0 Å². The maximum atomic E-state index is 13.6. The van der Waals surface area contributed by atoms with Gasteiger partial charge in [0.15, 0.2) is 0 Å². The van der Waals surface area contributed by atoms with Crippen molar-refractivity contribution < 1.29 is 27.8 Å². The molecule has 34 heavy (non-hydrogen) atoms. The summed E-state index contributed by atoms with van der Waals surface area (Å²) in [4.78, 5) is 29.8. The van der Waals surface area contributed by atoms with Gasteiger partial charge in [-0.3, -0.25) is 9.59 Å². The predicted molar refractivity (Wildman–Crippen MR) is 123 cm³/mol. The van der Waals surface area contributed by atoms with Crippen LogP contribution in [-0.2, 0) is 9.53 Å². The summed E-state index contributed by atoms with van der Waals surface area (Å²) in [5, 5.41) is -0.115. The third kappa shape index (κ3) is 5.85. The Bertz CT molecular complexity index is 1030. The zero-order valence-electron chi connectivity index (χ0n) is 18.8. The molecule has 0 aliphatic carbocycles. The van der Waals surface area contributed by atoms with Gasteiger partial charge in [0.25, 0.3) is 5.91 Å². The zero-order valence-corrected chi connectivity index (χ0v) is 19.5. The first-order chi connectivity index (χ1) is 16.3. The van der Waals surface area contributed by atoms with Crippen molar-refractivity contribution in [2.24, 2.45) is 5.41 Å². The lowest BCUT2D eigenvalue weighted by Crippen LogP contribution is -2.52. The van der Waals surface area contributed by atoms with Crippen molar-refractivity contribution >= 4 is 23.4 Å². The summed E-state index contributed by atoms with van der Waals surface area (Å²) < 4.78 is 38.2. The molecule has 0 saturated carbocycles. The second-order valence-corrected chi connectivity index (χ2v) is 9.28. The Labute approximate surface area is 202 Å². The van der Waals surface area contributed by atoms with Crippen LogP contribution in [0.25, 0.3) is 0 Å². The molecule has 2 aliphatic heterocycles. The molecule has 0 radical (unpaired) electrons. The standard InChI is InChI=1S/C25H27ClF2N2O4/c26-21-14-18(2-7-22(21)28)24(32)30-9-1-8-25(16-30,15-23(31)29-10-12-33-13-11-29)17-34-20-5-3-19(27)4-6-20/h2-7,14H,1,8-13,15-17H2/t25-/m0/s1. The third-order valence-corrected chi connectivity index (χ3v) is 6.65. The summed E-state index contributed by atoms with van der Waals surface area (Å²) in [5.41, 5.74) is -0.331. The summed E-state index contributed by atoms with van der Waals surface area (Å²) in [6.07, 6.45) is 1.59. The smallest absolute Gasteiger partial charge is 0.253 e. The largest absolute Gasteiger partial charge is 0.493 e. The second kappa shape index (κ2) is 10.7. The molecule has 2 aliphatic rings. The minimum Gasteiger partial charge on any atom is -0.493 e. The number of carbonyl (C=O) groups excluding carboxylic acids is 2. The predicted octanol–water partition coefficient (Wildman–Crippen LogP) is 4.17. The average molecular weight is 493 g/mol. The molecule has 6 nitrogen and oxygen atoms in total. The molecule has 182 valence electrons. The summed E-state index contributed by atoms with van der Waals surface area (Å²) in [6.45, 7) is 3.08. The Hall–Kier alpha value is -2.71. The first kappa shape index (κ1) is 24.4. The lowest BCUT2D eigenvalue weighted by Gasteiger charge is -2.43. The van der Waals surface area contributed by atoms with Gasteiger partial charge in [-0.2, -0.15) is 0 Å². The van der Waals surface area contributed by atoms with Crippen LogP contribution in [0.5, 0.6) is 5.75 Å². The number of carbonyl (C=O) groups is 2. The third-order valence-electron chi connectivity index (χ3n) is 6.36. The minimum atomic E-state index is -0.624. The number of hydrogen-bond acceptors (Lipinski definition) is 4. The van der Waals surface area contributed by atoms with Gasteiger partial charge in [0.1, 0.15) is 17.4 Å². The monoisotopic (exact) mass is 492 g/mol. The number of likely N-dealkylation sites (tertiary alicyclic amines) is 1. The molecule has 2 saturated heterocycles. The van der Waals surface area contributed by atoms with E-state index in [0.717, 1.165) is 0 Å². The number of ether oxygens (including phenoxy) is 2. The summed E-state index contributed by atoms with van der Waals surface area (Å²) in [7, 11) is 0. The molecule has 2 fully saturated rings. The van der Waals surface area contributed by atoms with Gasteiger partial charge in [-0.15, -0.1) is 0 Å². The van der Waals surface area contributed by atoms with Crippen LogP contribution in [0.2, 0.25) is 5.02 Å². The maximum Gasteiger partial charge on any atom is 0.253 e. The van der Waals surface area contributed by atoms with Crippen molar-refractivity contribution in [1.29, 1.82) is 0 Å². The van der Waals surface area contributed by atoms with E-state index in [2.05, 4.69) is 0 Å². The molecule has 0 bridgehead atoms. The molecule has 0 spiro atoms. The number of nitrogens with zero attached hydrogens (tertiary/aromatic N) is 2. The fourth-order valence-corrected chi connectivity index (χ4v) is 4.70. The van der Waals surface area contributed by atoms with E-state index in [4.69, 9.17) is 21.1 Å². The lowest BCUT2D eigenvalue weighted by atomic mass is 9.77. The number of amides is 2. The Morgan fingerprint density at radius 1 is 1.03 bits per heavy atom. The van der Waals surface area contributed by atoms with Gasteiger partial charge in [0.05, 0.1) is 24.8 Å². The van der Waals surface area contributed by atoms with E-state index in [1.54, 1.807) is 21.9 Å². The lowest BCUT2D eigenvalue weighted by molar-refractivity contribution is -0.139. The van der Waals surface area contributed by atoms with Crippen LogP contribution in [0, 0.1) is 17.0 Å². The highest BCUT2D eigenvalue weighted by Crippen LogP contribution is 2.36. The molecule has 0 unspecified atom stereocenters. The van der Waals surface area contributed by atoms with Gasteiger partial charge in [0, 0.05) is 43.6 Å². The van der Waals surface area contributed by atoms with E-state index in [9.17, 15) is 18.4 Å². The Morgan fingerprint density at radius 2 is 1.76 bits per heavy atom. The first-order valence-electron chi connectivity index (χ1n) is 11.3. The highest BCUT2D eigenvalue weighted by molar-refractivity contribution is 6.31. The molecule has 9 heteroatoms. The Morgan fingerprint density at radius 3 is 2.47 bits per heavy atom. The quantitative estimate of drug-likeness (QED) is 0.607. The molecule has 0 aromatic heterocycles. The molecule has 2 aromatic rings. The summed E-state index contributed by atoms with van der Waals surface area (Å²) >= 11 is 5.88. The van der Waals surface area contributed by atoms with E-state index in [1.807, 2.05) is 0 Å². The van der Waals surface area contributed by atoms with Crippen LogP contribution < -0.4 is 4.74 Å². The van der Waals surface area contributed by atoms with Crippen molar-refractivity contribution in [3.8, 4) is 5.75 Å². The Kier molecular flexibility index (Phi) is 7.68. The van der Waals surface area contributed by atoms with Crippen LogP contribution >= 0.6 is 11.6 Å². The van der Waals surface area contributed by atoms with Gasteiger partial charge < -0.3 is 19.3 Å².